The largest absolute Gasteiger partial charge is 0.351 e. The maximum absolute atomic E-state index is 13.3. The number of aryl methyl sites for hydroxylation is 1. The number of piperazine rings is 1. The van der Waals surface area contributed by atoms with Gasteiger partial charge in [-0.15, -0.1) is 0 Å². The molecule has 5 nitrogen and oxygen atoms in total. The van der Waals surface area contributed by atoms with Crippen LogP contribution < -0.4 is 0 Å². The first-order valence-corrected chi connectivity index (χ1v) is 8.81. The van der Waals surface area contributed by atoms with Crippen molar-refractivity contribution >= 4 is 11.8 Å². The highest BCUT2D eigenvalue weighted by Gasteiger charge is 2.26. The lowest BCUT2D eigenvalue weighted by molar-refractivity contribution is -0.131. The molecule has 2 aromatic rings. The fourth-order valence-corrected chi connectivity index (χ4v) is 3.33. The molecule has 0 spiro atoms. The zero-order chi connectivity index (χ0) is 18.8. The fraction of sp³-hybridized carbons (Fsp3) is 0.400. The second kappa shape index (κ2) is 7.32. The molecule has 1 aliphatic heterocycles. The van der Waals surface area contributed by atoms with E-state index in [1.807, 2.05) is 31.5 Å². The molecule has 6 heteroatoms. The van der Waals surface area contributed by atoms with Crippen LogP contribution in [0.1, 0.15) is 27.3 Å². The second-order valence-electron chi connectivity index (χ2n) is 6.82. The van der Waals surface area contributed by atoms with Crippen molar-refractivity contribution < 1.29 is 14.0 Å². The third-order valence-electron chi connectivity index (χ3n) is 5.17. The molecule has 2 amide bonds. The van der Waals surface area contributed by atoms with E-state index in [0.29, 0.717) is 31.7 Å². The van der Waals surface area contributed by atoms with Crippen LogP contribution in [0.2, 0.25) is 0 Å². The van der Waals surface area contributed by atoms with Gasteiger partial charge in [-0.1, -0.05) is 12.1 Å². The van der Waals surface area contributed by atoms with Crippen LogP contribution in [0.4, 0.5) is 4.39 Å². The Morgan fingerprint density at radius 3 is 2.27 bits per heavy atom. The topological polar surface area (TPSA) is 45.6 Å². The molecule has 138 valence electrons. The summed E-state index contributed by atoms with van der Waals surface area (Å²) in [6.45, 7) is 5.96. The number of hydrogen-bond acceptors (Lipinski definition) is 2. The molecule has 0 saturated carbocycles. The van der Waals surface area contributed by atoms with Gasteiger partial charge in [0.2, 0.25) is 5.91 Å². The molecular weight excluding hydrogens is 333 g/mol. The Morgan fingerprint density at radius 2 is 1.69 bits per heavy atom. The third-order valence-corrected chi connectivity index (χ3v) is 5.17. The minimum absolute atomic E-state index is 0.0171. The van der Waals surface area contributed by atoms with Crippen molar-refractivity contribution in [3.63, 3.8) is 0 Å². The summed E-state index contributed by atoms with van der Waals surface area (Å²) in [5.74, 6) is -0.350. The number of halogens is 1. The number of aromatic nitrogens is 1. The van der Waals surface area contributed by atoms with E-state index in [0.717, 1.165) is 17.0 Å². The van der Waals surface area contributed by atoms with Gasteiger partial charge in [0.25, 0.3) is 5.91 Å². The van der Waals surface area contributed by atoms with Crippen molar-refractivity contribution in [1.29, 1.82) is 0 Å². The molecule has 1 fully saturated rings. The van der Waals surface area contributed by atoms with Gasteiger partial charge in [0, 0.05) is 44.6 Å². The predicted molar refractivity (Wildman–Crippen MR) is 97.5 cm³/mol. The van der Waals surface area contributed by atoms with Crippen LogP contribution >= 0.6 is 0 Å². The highest BCUT2D eigenvalue weighted by atomic mass is 19.1. The summed E-state index contributed by atoms with van der Waals surface area (Å²) in [4.78, 5) is 28.7. The Morgan fingerprint density at radius 1 is 1.04 bits per heavy atom. The Labute approximate surface area is 153 Å². The SMILES string of the molecule is Cc1cc(C(=O)N2CCN(C(=O)Cc3cccc(F)c3)CC2)c(C)n1C. The number of hydrogen-bond donors (Lipinski definition) is 0. The molecular formula is C20H24FN3O2. The lowest BCUT2D eigenvalue weighted by Gasteiger charge is -2.35. The first kappa shape index (κ1) is 18.2. The van der Waals surface area contributed by atoms with Crippen molar-refractivity contribution in [2.45, 2.75) is 20.3 Å². The molecule has 0 N–H and O–H groups in total. The number of carbonyl (C=O) groups is 2. The van der Waals surface area contributed by atoms with E-state index in [1.54, 1.807) is 21.9 Å². The minimum Gasteiger partial charge on any atom is -0.351 e. The van der Waals surface area contributed by atoms with Gasteiger partial charge in [0.05, 0.1) is 12.0 Å². The van der Waals surface area contributed by atoms with Crippen LogP contribution in [-0.4, -0.2) is 52.4 Å². The molecule has 1 aliphatic rings. The molecule has 2 heterocycles. The normalized spacial score (nSPS) is 14.6. The van der Waals surface area contributed by atoms with Crippen LogP contribution in [0.25, 0.3) is 0 Å². The van der Waals surface area contributed by atoms with Crippen LogP contribution in [0.3, 0.4) is 0 Å². The second-order valence-corrected chi connectivity index (χ2v) is 6.82. The van der Waals surface area contributed by atoms with Gasteiger partial charge in [-0.05, 0) is 37.6 Å². The number of rotatable bonds is 3. The van der Waals surface area contributed by atoms with Crippen molar-refractivity contribution in [3.8, 4) is 0 Å². The maximum Gasteiger partial charge on any atom is 0.255 e. The Bertz CT molecular complexity index is 836. The quantitative estimate of drug-likeness (QED) is 0.846. The molecule has 1 saturated heterocycles. The van der Waals surface area contributed by atoms with Gasteiger partial charge < -0.3 is 14.4 Å². The monoisotopic (exact) mass is 357 g/mol. The average molecular weight is 357 g/mol. The van der Waals surface area contributed by atoms with E-state index >= 15 is 0 Å². The molecule has 0 atom stereocenters. The van der Waals surface area contributed by atoms with Crippen molar-refractivity contribution in [2.75, 3.05) is 26.2 Å². The van der Waals surface area contributed by atoms with E-state index in [-0.39, 0.29) is 24.1 Å². The lowest BCUT2D eigenvalue weighted by atomic mass is 10.1. The van der Waals surface area contributed by atoms with Gasteiger partial charge in [0.15, 0.2) is 0 Å². The van der Waals surface area contributed by atoms with Crippen LogP contribution in [0, 0.1) is 19.7 Å². The number of nitrogens with zero attached hydrogens (tertiary/aromatic N) is 3. The average Bonchev–Trinajstić information content (AvgIpc) is 2.88. The third kappa shape index (κ3) is 3.64. The molecule has 1 aromatic heterocycles. The zero-order valence-corrected chi connectivity index (χ0v) is 15.5. The summed E-state index contributed by atoms with van der Waals surface area (Å²) in [6.07, 6.45) is 0.183. The molecule has 26 heavy (non-hydrogen) atoms. The standard InChI is InChI=1S/C20H24FN3O2/c1-14-11-18(15(2)22(14)3)20(26)24-9-7-23(8-10-24)19(25)13-16-5-4-6-17(21)12-16/h4-6,11-12H,7-10,13H2,1-3H3. The first-order chi connectivity index (χ1) is 12.4. The Hall–Kier alpha value is -2.63. The minimum atomic E-state index is -0.334. The Kier molecular flexibility index (Phi) is 5.11. The molecule has 0 unspecified atom stereocenters. The van der Waals surface area contributed by atoms with E-state index in [9.17, 15) is 14.0 Å². The van der Waals surface area contributed by atoms with E-state index < -0.39 is 0 Å². The number of carbonyl (C=O) groups excluding carboxylic acids is 2. The number of benzene rings is 1. The summed E-state index contributed by atoms with van der Waals surface area (Å²) in [5, 5.41) is 0. The highest BCUT2D eigenvalue weighted by molar-refractivity contribution is 5.96. The summed E-state index contributed by atoms with van der Waals surface area (Å²) in [6, 6.07) is 8.03. The van der Waals surface area contributed by atoms with Crippen LogP contribution in [0.5, 0.6) is 0 Å². The molecule has 0 bridgehead atoms. The van der Waals surface area contributed by atoms with Gasteiger partial charge in [-0.25, -0.2) is 4.39 Å². The maximum atomic E-state index is 13.3. The first-order valence-electron chi connectivity index (χ1n) is 8.81. The van der Waals surface area contributed by atoms with Crippen LogP contribution in [-0.2, 0) is 18.3 Å². The van der Waals surface area contributed by atoms with Crippen molar-refractivity contribution in [2.24, 2.45) is 7.05 Å². The van der Waals surface area contributed by atoms with Crippen molar-refractivity contribution in [3.05, 3.63) is 58.7 Å². The van der Waals surface area contributed by atoms with Crippen molar-refractivity contribution in [1.82, 2.24) is 14.4 Å². The van der Waals surface area contributed by atoms with Gasteiger partial charge in [-0.2, -0.15) is 0 Å². The van der Waals surface area contributed by atoms with E-state index in [4.69, 9.17) is 0 Å². The predicted octanol–water partition coefficient (Wildman–Crippen LogP) is 2.31. The van der Waals surface area contributed by atoms with E-state index in [2.05, 4.69) is 0 Å². The van der Waals surface area contributed by atoms with Crippen LogP contribution in [0.15, 0.2) is 30.3 Å². The molecule has 1 aromatic carbocycles. The molecule has 0 aliphatic carbocycles. The van der Waals surface area contributed by atoms with E-state index in [1.165, 1.54) is 12.1 Å². The highest BCUT2D eigenvalue weighted by Crippen LogP contribution is 2.17. The fourth-order valence-electron chi connectivity index (χ4n) is 3.33. The van der Waals surface area contributed by atoms with Gasteiger partial charge in [-0.3, -0.25) is 9.59 Å². The number of amides is 2. The van der Waals surface area contributed by atoms with Gasteiger partial charge >= 0.3 is 0 Å². The summed E-state index contributed by atoms with van der Waals surface area (Å²) < 4.78 is 15.3. The van der Waals surface area contributed by atoms with Gasteiger partial charge in [0.1, 0.15) is 5.82 Å². The summed E-state index contributed by atoms with van der Waals surface area (Å²) >= 11 is 0. The Balaban J connectivity index is 1.59. The summed E-state index contributed by atoms with van der Waals surface area (Å²) in [5.41, 5.74) is 3.40. The summed E-state index contributed by atoms with van der Waals surface area (Å²) in [7, 11) is 1.95. The molecule has 3 rings (SSSR count). The zero-order valence-electron chi connectivity index (χ0n) is 15.5. The smallest absolute Gasteiger partial charge is 0.255 e. The lowest BCUT2D eigenvalue weighted by Crippen LogP contribution is -2.51. The molecule has 0 radical (unpaired) electrons.